The second kappa shape index (κ2) is 11.1. The summed E-state index contributed by atoms with van der Waals surface area (Å²) in [7, 11) is 0. The Morgan fingerprint density at radius 2 is 1.79 bits per heavy atom. The quantitative estimate of drug-likeness (QED) is 0.420. The lowest BCUT2D eigenvalue weighted by molar-refractivity contribution is 0.0517. The standard InChI is InChI=1S/C30H32FN5O2/c31-24-4-6-28(27(16-24)25-5-1-22(17-32)15-26(25)23-2-3-23)38-29-18-33-20-34-30(29)36-11-9-35(10-12-36)19-21-7-13-37-14-8-21/h1,4-6,15-16,18,20-21,23H,2-3,7-14,19H2. The molecule has 38 heavy (non-hydrogen) atoms. The Morgan fingerprint density at radius 3 is 2.55 bits per heavy atom. The van der Waals surface area contributed by atoms with Crippen LogP contribution in [0.4, 0.5) is 10.2 Å². The van der Waals surface area contributed by atoms with Crippen molar-refractivity contribution in [3.63, 3.8) is 0 Å². The Bertz CT molecular complexity index is 1320. The van der Waals surface area contributed by atoms with E-state index >= 15 is 0 Å². The van der Waals surface area contributed by atoms with Crippen LogP contribution in [0.25, 0.3) is 11.1 Å². The number of anilines is 1. The van der Waals surface area contributed by atoms with Crippen LogP contribution in [0.2, 0.25) is 0 Å². The molecule has 1 saturated carbocycles. The van der Waals surface area contributed by atoms with E-state index in [4.69, 9.17) is 9.47 Å². The van der Waals surface area contributed by atoms with Gasteiger partial charge in [-0.2, -0.15) is 5.26 Å². The summed E-state index contributed by atoms with van der Waals surface area (Å²) < 4.78 is 26.4. The van der Waals surface area contributed by atoms with Crippen LogP contribution in [0.3, 0.4) is 0 Å². The first kappa shape index (κ1) is 24.8. The molecule has 8 heteroatoms. The van der Waals surface area contributed by atoms with E-state index in [2.05, 4.69) is 25.8 Å². The zero-order valence-electron chi connectivity index (χ0n) is 21.5. The van der Waals surface area contributed by atoms with Crippen molar-refractivity contribution in [1.29, 1.82) is 5.26 Å². The minimum Gasteiger partial charge on any atom is -0.451 e. The van der Waals surface area contributed by atoms with Gasteiger partial charge >= 0.3 is 0 Å². The molecular formula is C30H32FN5O2. The first-order chi connectivity index (χ1) is 18.7. The zero-order chi connectivity index (χ0) is 25.9. The Balaban J connectivity index is 1.23. The molecule has 2 aliphatic heterocycles. The molecule has 1 aromatic heterocycles. The van der Waals surface area contributed by atoms with E-state index in [0.29, 0.717) is 34.5 Å². The number of piperazine rings is 1. The van der Waals surface area contributed by atoms with Crippen molar-refractivity contribution in [3.8, 4) is 28.7 Å². The van der Waals surface area contributed by atoms with Crippen LogP contribution in [0.5, 0.6) is 11.5 Å². The third-order valence-corrected chi connectivity index (χ3v) is 7.84. The van der Waals surface area contributed by atoms with Crippen molar-refractivity contribution in [2.24, 2.45) is 5.92 Å². The van der Waals surface area contributed by atoms with Crippen molar-refractivity contribution in [2.75, 3.05) is 50.8 Å². The fourth-order valence-electron chi connectivity index (χ4n) is 5.59. The summed E-state index contributed by atoms with van der Waals surface area (Å²) >= 11 is 0. The molecule has 0 unspecified atom stereocenters. The van der Waals surface area contributed by atoms with Crippen molar-refractivity contribution < 1.29 is 13.9 Å². The normalized spacial score (nSPS) is 18.8. The molecule has 3 aliphatic rings. The minimum atomic E-state index is -0.330. The van der Waals surface area contributed by atoms with Crippen LogP contribution in [0, 0.1) is 23.1 Å². The molecule has 196 valence electrons. The summed E-state index contributed by atoms with van der Waals surface area (Å²) in [6.07, 6.45) is 7.67. The van der Waals surface area contributed by atoms with Crippen LogP contribution in [0.15, 0.2) is 48.9 Å². The highest BCUT2D eigenvalue weighted by Crippen LogP contribution is 2.47. The Morgan fingerprint density at radius 1 is 0.974 bits per heavy atom. The Labute approximate surface area is 222 Å². The second-order valence-electron chi connectivity index (χ2n) is 10.5. The predicted octanol–water partition coefficient (Wildman–Crippen LogP) is 5.37. The maximum Gasteiger partial charge on any atom is 0.188 e. The second-order valence-corrected chi connectivity index (χ2v) is 10.5. The molecule has 2 saturated heterocycles. The molecule has 3 heterocycles. The van der Waals surface area contributed by atoms with Crippen LogP contribution >= 0.6 is 0 Å². The van der Waals surface area contributed by atoms with E-state index in [9.17, 15) is 9.65 Å². The molecule has 7 nitrogen and oxygen atoms in total. The monoisotopic (exact) mass is 513 g/mol. The van der Waals surface area contributed by atoms with Gasteiger partial charge in [0.2, 0.25) is 0 Å². The van der Waals surface area contributed by atoms with Gasteiger partial charge in [0, 0.05) is 51.5 Å². The average Bonchev–Trinajstić information content (AvgIpc) is 3.81. The number of halogens is 1. The molecule has 0 N–H and O–H groups in total. The van der Waals surface area contributed by atoms with E-state index in [1.807, 2.05) is 12.1 Å². The van der Waals surface area contributed by atoms with Crippen molar-refractivity contribution in [1.82, 2.24) is 14.9 Å². The Kier molecular flexibility index (Phi) is 7.21. The molecule has 0 bridgehead atoms. The maximum atomic E-state index is 14.5. The van der Waals surface area contributed by atoms with E-state index in [1.165, 1.54) is 12.1 Å². The van der Waals surface area contributed by atoms with Crippen LogP contribution < -0.4 is 9.64 Å². The summed E-state index contributed by atoms with van der Waals surface area (Å²) in [5.74, 6) is 2.63. The first-order valence-electron chi connectivity index (χ1n) is 13.5. The molecule has 1 aliphatic carbocycles. The van der Waals surface area contributed by atoms with Gasteiger partial charge in [0.25, 0.3) is 0 Å². The lowest BCUT2D eigenvalue weighted by Crippen LogP contribution is -2.48. The molecule has 0 amide bonds. The smallest absolute Gasteiger partial charge is 0.188 e. The molecule has 6 rings (SSSR count). The van der Waals surface area contributed by atoms with Gasteiger partial charge < -0.3 is 14.4 Å². The summed E-state index contributed by atoms with van der Waals surface area (Å²) in [6, 6.07) is 12.5. The fraction of sp³-hybridized carbons (Fsp3) is 0.433. The molecule has 0 spiro atoms. The Hall–Kier alpha value is -3.54. The van der Waals surface area contributed by atoms with Gasteiger partial charge in [0.1, 0.15) is 17.9 Å². The highest BCUT2D eigenvalue weighted by molar-refractivity contribution is 5.76. The number of ether oxygens (including phenoxy) is 2. The van der Waals surface area contributed by atoms with Crippen LogP contribution in [-0.4, -0.2) is 60.8 Å². The molecule has 0 atom stereocenters. The number of hydrogen-bond donors (Lipinski definition) is 0. The van der Waals surface area contributed by atoms with Crippen molar-refractivity contribution in [3.05, 3.63) is 65.9 Å². The van der Waals surface area contributed by atoms with Crippen molar-refractivity contribution in [2.45, 2.75) is 31.6 Å². The van der Waals surface area contributed by atoms with Crippen LogP contribution in [0.1, 0.15) is 42.7 Å². The van der Waals surface area contributed by atoms with Gasteiger partial charge in [0.05, 0.1) is 17.8 Å². The van der Waals surface area contributed by atoms with Gasteiger partial charge in [0.15, 0.2) is 11.6 Å². The number of hydrogen-bond acceptors (Lipinski definition) is 7. The number of benzene rings is 2. The molecule has 3 fully saturated rings. The summed E-state index contributed by atoms with van der Waals surface area (Å²) in [5.41, 5.74) is 3.27. The van der Waals surface area contributed by atoms with E-state index in [-0.39, 0.29) is 5.82 Å². The van der Waals surface area contributed by atoms with E-state index in [1.54, 1.807) is 24.7 Å². The van der Waals surface area contributed by atoms with Gasteiger partial charge in [-0.25, -0.2) is 14.4 Å². The SMILES string of the molecule is N#Cc1ccc(-c2cc(F)ccc2Oc2cncnc2N2CCN(CC3CCOCC3)CC2)c(C2CC2)c1. The minimum absolute atomic E-state index is 0.330. The van der Waals surface area contributed by atoms with Crippen LogP contribution in [-0.2, 0) is 4.74 Å². The van der Waals surface area contributed by atoms with Gasteiger partial charge in [-0.05, 0) is 79.0 Å². The van der Waals surface area contributed by atoms with Gasteiger partial charge in [-0.1, -0.05) is 6.07 Å². The highest BCUT2D eigenvalue weighted by atomic mass is 19.1. The number of nitrogens with zero attached hydrogens (tertiary/aromatic N) is 5. The van der Waals surface area contributed by atoms with E-state index in [0.717, 1.165) is 88.6 Å². The molecule has 3 aromatic rings. The first-order valence-corrected chi connectivity index (χ1v) is 13.5. The number of nitriles is 1. The lowest BCUT2D eigenvalue weighted by Gasteiger charge is -2.38. The summed E-state index contributed by atoms with van der Waals surface area (Å²) in [6.45, 7) is 6.53. The molecular weight excluding hydrogens is 481 g/mol. The summed E-state index contributed by atoms with van der Waals surface area (Å²) in [4.78, 5) is 13.6. The van der Waals surface area contributed by atoms with Gasteiger partial charge in [-0.15, -0.1) is 0 Å². The third-order valence-electron chi connectivity index (χ3n) is 7.84. The van der Waals surface area contributed by atoms with Crippen molar-refractivity contribution >= 4 is 5.82 Å². The molecule has 0 radical (unpaired) electrons. The number of aromatic nitrogens is 2. The predicted molar refractivity (Wildman–Crippen MR) is 143 cm³/mol. The largest absolute Gasteiger partial charge is 0.451 e. The summed E-state index contributed by atoms with van der Waals surface area (Å²) in [5, 5.41) is 9.41. The fourth-order valence-corrected chi connectivity index (χ4v) is 5.59. The van der Waals surface area contributed by atoms with E-state index < -0.39 is 0 Å². The third kappa shape index (κ3) is 5.50. The van der Waals surface area contributed by atoms with Gasteiger partial charge in [-0.3, -0.25) is 4.90 Å². The average molecular weight is 514 g/mol. The maximum absolute atomic E-state index is 14.5. The lowest BCUT2D eigenvalue weighted by atomic mass is 9.94. The highest BCUT2D eigenvalue weighted by Gasteiger charge is 2.29. The zero-order valence-corrected chi connectivity index (χ0v) is 21.5. The molecule has 2 aromatic carbocycles. The number of rotatable bonds is 7. The topological polar surface area (TPSA) is 74.5 Å².